The molecule has 0 bridgehead atoms. The van der Waals surface area contributed by atoms with Gasteiger partial charge in [0.2, 0.25) is 0 Å². The molecule has 2 aromatic rings. The number of rotatable bonds is 8. The average Bonchev–Trinajstić information content (AvgIpc) is 3.38. The molecule has 3 nitrogen and oxygen atoms in total. The number of halogens is 3. The largest absolute Gasteiger partial charge is 0.490 e. The van der Waals surface area contributed by atoms with Gasteiger partial charge in [0, 0.05) is 18.2 Å². The molecule has 1 N–H and O–H groups in total. The summed E-state index contributed by atoms with van der Waals surface area (Å²) in [6.07, 6.45) is 2.51. The molecule has 1 fully saturated rings. The SMILES string of the molecule is CCOc1cc(CNC2CC2)cc(Br)c1OCc1ccccc1F.Cl. The van der Waals surface area contributed by atoms with Gasteiger partial charge in [0.25, 0.3) is 0 Å². The summed E-state index contributed by atoms with van der Waals surface area (Å²) in [7, 11) is 0. The van der Waals surface area contributed by atoms with Crippen LogP contribution in [0.2, 0.25) is 0 Å². The maximum absolute atomic E-state index is 13.8. The van der Waals surface area contributed by atoms with E-state index in [9.17, 15) is 4.39 Å². The van der Waals surface area contributed by atoms with E-state index in [0.717, 1.165) is 16.6 Å². The molecule has 2 aromatic carbocycles. The zero-order valence-corrected chi connectivity index (χ0v) is 16.5. The first-order chi connectivity index (χ1) is 11.7. The van der Waals surface area contributed by atoms with Crippen LogP contribution < -0.4 is 14.8 Å². The van der Waals surface area contributed by atoms with Gasteiger partial charge >= 0.3 is 0 Å². The minimum Gasteiger partial charge on any atom is -0.490 e. The molecule has 0 unspecified atom stereocenters. The number of benzene rings is 2. The van der Waals surface area contributed by atoms with E-state index in [1.165, 1.54) is 18.9 Å². The molecule has 0 heterocycles. The lowest BCUT2D eigenvalue weighted by Gasteiger charge is -2.16. The van der Waals surface area contributed by atoms with Gasteiger partial charge in [-0.05, 0) is 59.5 Å². The number of nitrogens with one attached hydrogen (secondary N) is 1. The lowest BCUT2D eigenvalue weighted by atomic mass is 10.2. The Kier molecular flexibility index (Phi) is 7.54. The highest BCUT2D eigenvalue weighted by Crippen LogP contribution is 2.37. The van der Waals surface area contributed by atoms with Crippen LogP contribution >= 0.6 is 28.3 Å². The van der Waals surface area contributed by atoms with Crippen molar-refractivity contribution in [2.45, 2.75) is 39.0 Å². The quantitative estimate of drug-likeness (QED) is 0.621. The molecule has 1 saturated carbocycles. The van der Waals surface area contributed by atoms with Crippen molar-refractivity contribution < 1.29 is 13.9 Å². The fraction of sp³-hybridized carbons (Fsp3) is 0.368. The minimum absolute atomic E-state index is 0. The molecule has 0 aromatic heterocycles. The predicted octanol–water partition coefficient (Wildman–Crippen LogP) is 5.24. The Morgan fingerprint density at radius 1 is 1.20 bits per heavy atom. The molecule has 0 spiro atoms. The first kappa shape index (κ1) is 20.0. The van der Waals surface area contributed by atoms with Crippen LogP contribution in [0.3, 0.4) is 0 Å². The van der Waals surface area contributed by atoms with E-state index in [2.05, 4.69) is 21.2 Å². The van der Waals surface area contributed by atoms with Crippen LogP contribution in [0.5, 0.6) is 11.5 Å². The first-order valence-electron chi connectivity index (χ1n) is 8.22. The highest BCUT2D eigenvalue weighted by Gasteiger charge is 2.21. The van der Waals surface area contributed by atoms with Gasteiger partial charge in [-0.1, -0.05) is 18.2 Å². The maximum Gasteiger partial charge on any atom is 0.175 e. The Morgan fingerprint density at radius 2 is 1.96 bits per heavy atom. The molecular formula is C19H22BrClFNO2. The van der Waals surface area contributed by atoms with Gasteiger partial charge in [0.05, 0.1) is 11.1 Å². The van der Waals surface area contributed by atoms with Crippen LogP contribution in [-0.2, 0) is 13.2 Å². The van der Waals surface area contributed by atoms with Gasteiger partial charge < -0.3 is 14.8 Å². The molecule has 6 heteroatoms. The van der Waals surface area contributed by atoms with Crippen LogP contribution in [-0.4, -0.2) is 12.6 Å². The fourth-order valence-electron chi connectivity index (χ4n) is 2.44. The molecule has 1 aliphatic carbocycles. The number of hydrogen-bond donors (Lipinski definition) is 1. The molecule has 1 aliphatic rings. The second-order valence-corrected chi connectivity index (χ2v) is 6.73. The van der Waals surface area contributed by atoms with E-state index in [4.69, 9.17) is 9.47 Å². The summed E-state index contributed by atoms with van der Waals surface area (Å²) in [5.74, 6) is 1.02. The normalized spacial score (nSPS) is 13.2. The molecule has 0 saturated heterocycles. The topological polar surface area (TPSA) is 30.5 Å². The maximum atomic E-state index is 13.8. The monoisotopic (exact) mass is 429 g/mol. The highest BCUT2D eigenvalue weighted by atomic mass is 79.9. The van der Waals surface area contributed by atoms with Crippen molar-refractivity contribution in [1.82, 2.24) is 5.32 Å². The summed E-state index contributed by atoms with van der Waals surface area (Å²) < 4.78 is 26.1. The van der Waals surface area contributed by atoms with E-state index < -0.39 is 0 Å². The Labute approximate surface area is 162 Å². The first-order valence-corrected chi connectivity index (χ1v) is 9.01. The van der Waals surface area contributed by atoms with Gasteiger partial charge in [-0.2, -0.15) is 0 Å². The average molecular weight is 431 g/mol. The van der Waals surface area contributed by atoms with Gasteiger partial charge in [-0.15, -0.1) is 12.4 Å². The third kappa shape index (κ3) is 5.59. The van der Waals surface area contributed by atoms with E-state index in [0.29, 0.717) is 29.7 Å². The van der Waals surface area contributed by atoms with Crippen molar-refractivity contribution in [3.8, 4) is 11.5 Å². The fourth-order valence-corrected chi connectivity index (χ4v) is 3.05. The summed E-state index contributed by atoms with van der Waals surface area (Å²) in [6, 6.07) is 11.3. The smallest absolute Gasteiger partial charge is 0.175 e. The van der Waals surface area contributed by atoms with Crippen molar-refractivity contribution in [2.75, 3.05) is 6.61 Å². The van der Waals surface area contributed by atoms with Crippen molar-refractivity contribution in [2.24, 2.45) is 0 Å². The van der Waals surface area contributed by atoms with E-state index in [1.54, 1.807) is 18.2 Å². The molecule has 3 rings (SSSR count). The lowest BCUT2D eigenvalue weighted by Crippen LogP contribution is -2.15. The van der Waals surface area contributed by atoms with Crippen LogP contribution in [0.15, 0.2) is 40.9 Å². The molecule has 0 radical (unpaired) electrons. The Morgan fingerprint density at radius 3 is 2.64 bits per heavy atom. The zero-order chi connectivity index (χ0) is 16.9. The summed E-state index contributed by atoms with van der Waals surface area (Å²) in [4.78, 5) is 0. The van der Waals surface area contributed by atoms with Crippen LogP contribution in [0.4, 0.5) is 4.39 Å². The van der Waals surface area contributed by atoms with Gasteiger partial charge in [0.15, 0.2) is 11.5 Å². The van der Waals surface area contributed by atoms with Crippen molar-refractivity contribution in [3.05, 3.63) is 57.8 Å². The number of ether oxygens (including phenoxy) is 2. The van der Waals surface area contributed by atoms with Gasteiger partial charge in [-0.3, -0.25) is 0 Å². The molecular weight excluding hydrogens is 409 g/mol. The minimum atomic E-state index is -0.267. The van der Waals surface area contributed by atoms with Crippen molar-refractivity contribution in [1.29, 1.82) is 0 Å². The Balaban J connectivity index is 0.00000225. The van der Waals surface area contributed by atoms with Crippen molar-refractivity contribution in [3.63, 3.8) is 0 Å². The molecule has 25 heavy (non-hydrogen) atoms. The summed E-state index contributed by atoms with van der Waals surface area (Å²) in [5, 5.41) is 3.49. The molecule has 0 aliphatic heterocycles. The van der Waals surface area contributed by atoms with Crippen molar-refractivity contribution >= 4 is 28.3 Å². The Hall–Kier alpha value is -1.30. The molecule has 0 amide bonds. The van der Waals surface area contributed by atoms with Gasteiger partial charge in [-0.25, -0.2) is 4.39 Å². The molecule has 136 valence electrons. The second kappa shape index (κ2) is 9.41. The Bertz CT molecular complexity index is 710. The second-order valence-electron chi connectivity index (χ2n) is 5.87. The van der Waals surface area contributed by atoms with Gasteiger partial charge in [0.1, 0.15) is 12.4 Å². The van der Waals surface area contributed by atoms with Crippen LogP contribution in [0.1, 0.15) is 30.9 Å². The summed E-state index contributed by atoms with van der Waals surface area (Å²) in [5.41, 5.74) is 1.65. The highest BCUT2D eigenvalue weighted by molar-refractivity contribution is 9.10. The number of hydrogen-bond acceptors (Lipinski definition) is 3. The third-order valence-electron chi connectivity index (χ3n) is 3.87. The molecule has 0 atom stereocenters. The van der Waals surface area contributed by atoms with E-state index in [1.807, 2.05) is 19.1 Å². The van der Waals surface area contributed by atoms with Crippen LogP contribution in [0, 0.1) is 5.82 Å². The van der Waals surface area contributed by atoms with E-state index >= 15 is 0 Å². The standard InChI is InChI=1S/C19H21BrFNO2.ClH/c1-2-23-18-10-13(11-22-15-7-8-15)9-16(20)19(18)24-12-14-5-3-4-6-17(14)21;/h3-6,9-10,15,22H,2,7-8,11-12H2,1H3;1H. The predicted molar refractivity (Wildman–Crippen MR) is 103 cm³/mol. The third-order valence-corrected chi connectivity index (χ3v) is 4.46. The summed E-state index contributed by atoms with van der Waals surface area (Å²) in [6.45, 7) is 3.44. The van der Waals surface area contributed by atoms with Crippen LogP contribution in [0.25, 0.3) is 0 Å². The summed E-state index contributed by atoms with van der Waals surface area (Å²) >= 11 is 3.56. The van der Waals surface area contributed by atoms with E-state index in [-0.39, 0.29) is 24.8 Å². The zero-order valence-electron chi connectivity index (χ0n) is 14.1. The lowest BCUT2D eigenvalue weighted by molar-refractivity contribution is 0.264.